The number of aromatic nitrogens is 2. The smallest absolute Gasteiger partial charge is 0.128 e. The van der Waals surface area contributed by atoms with Crippen molar-refractivity contribution in [3.63, 3.8) is 0 Å². The Labute approximate surface area is 126 Å². The highest BCUT2D eigenvalue weighted by Crippen LogP contribution is 2.67. The molecule has 0 saturated heterocycles. The molecule has 0 aliphatic heterocycles. The number of nitrogens with two attached hydrogens (primary N) is 1. The molecule has 2 aliphatic rings. The lowest BCUT2D eigenvalue weighted by molar-refractivity contribution is 0.225. The Kier molecular flexibility index (Phi) is 2.48. The molecule has 1 aromatic heterocycles. The van der Waals surface area contributed by atoms with Crippen molar-refractivity contribution in [1.29, 1.82) is 0 Å². The second kappa shape index (κ2) is 3.98. The molecule has 2 bridgehead atoms. The molecule has 3 unspecified atom stereocenters. The molecule has 21 heavy (non-hydrogen) atoms. The lowest BCUT2D eigenvalue weighted by Crippen LogP contribution is -2.32. The highest BCUT2D eigenvalue weighted by Gasteiger charge is 2.61. The number of aromatic amines is 1. The molecule has 0 radical (unpaired) electrons. The van der Waals surface area contributed by atoms with Crippen molar-refractivity contribution in [2.24, 2.45) is 11.1 Å². The zero-order valence-electron chi connectivity index (χ0n) is 13.0. The van der Waals surface area contributed by atoms with Crippen LogP contribution >= 0.6 is 0 Å². The third-order valence-electron chi connectivity index (χ3n) is 6.30. The van der Waals surface area contributed by atoms with Gasteiger partial charge in [0.1, 0.15) is 5.82 Å². The molecular weight excluding hydrogens is 258 g/mol. The SMILES string of the molecule is CC12CCC(c3[nH]c(C(N)c4ccccc4)nc31)C2(C)C. The zero-order valence-corrected chi connectivity index (χ0v) is 13.0. The van der Waals surface area contributed by atoms with Gasteiger partial charge in [-0.25, -0.2) is 4.98 Å². The normalized spacial score (nSPS) is 30.4. The summed E-state index contributed by atoms with van der Waals surface area (Å²) in [6.45, 7) is 7.14. The maximum atomic E-state index is 6.41. The molecule has 1 heterocycles. The van der Waals surface area contributed by atoms with Crippen molar-refractivity contribution in [2.75, 3.05) is 0 Å². The topological polar surface area (TPSA) is 54.7 Å². The average Bonchev–Trinajstić information content (AvgIpc) is 3.05. The molecule has 2 aliphatic carbocycles. The van der Waals surface area contributed by atoms with Crippen LogP contribution in [0.2, 0.25) is 0 Å². The van der Waals surface area contributed by atoms with Crippen LogP contribution < -0.4 is 5.73 Å². The van der Waals surface area contributed by atoms with Gasteiger partial charge >= 0.3 is 0 Å². The Hall–Kier alpha value is -1.61. The van der Waals surface area contributed by atoms with Crippen LogP contribution in [0.15, 0.2) is 30.3 Å². The average molecular weight is 281 g/mol. The largest absolute Gasteiger partial charge is 0.344 e. The number of fused-ring (bicyclic) bond motifs is 5. The van der Waals surface area contributed by atoms with Crippen LogP contribution in [-0.2, 0) is 5.41 Å². The summed E-state index contributed by atoms with van der Waals surface area (Å²) in [4.78, 5) is 8.50. The fourth-order valence-corrected chi connectivity index (χ4v) is 4.47. The van der Waals surface area contributed by atoms with Crippen LogP contribution in [0.3, 0.4) is 0 Å². The monoisotopic (exact) mass is 281 g/mol. The summed E-state index contributed by atoms with van der Waals surface area (Å²) in [5.41, 5.74) is 10.6. The van der Waals surface area contributed by atoms with E-state index in [1.54, 1.807) is 0 Å². The molecule has 1 fully saturated rings. The number of H-pyrrole nitrogens is 1. The van der Waals surface area contributed by atoms with Crippen molar-refractivity contribution in [3.8, 4) is 0 Å². The van der Waals surface area contributed by atoms with Crippen molar-refractivity contribution >= 4 is 0 Å². The minimum atomic E-state index is -0.164. The minimum absolute atomic E-state index is 0.164. The van der Waals surface area contributed by atoms with E-state index in [0.717, 1.165) is 11.4 Å². The summed E-state index contributed by atoms with van der Waals surface area (Å²) in [7, 11) is 0. The molecule has 0 spiro atoms. The van der Waals surface area contributed by atoms with Gasteiger partial charge in [-0.1, -0.05) is 51.1 Å². The number of hydrogen-bond acceptors (Lipinski definition) is 2. The van der Waals surface area contributed by atoms with E-state index in [1.807, 2.05) is 18.2 Å². The van der Waals surface area contributed by atoms with Crippen LogP contribution in [-0.4, -0.2) is 9.97 Å². The molecule has 3 heteroatoms. The predicted molar refractivity (Wildman–Crippen MR) is 84.2 cm³/mol. The van der Waals surface area contributed by atoms with E-state index in [2.05, 4.69) is 37.9 Å². The Morgan fingerprint density at radius 3 is 2.62 bits per heavy atom. The van der Waals surface area contributed by atoms with Gasteiger partial charge in [-0.15, -0.1) is 0 Å². The van der Waals surface area contributed by atoms with Crippen molar-refractivity contribution < 1.29 is 0 Å². The first-order chi connectivity index (χ1) is 9.95. The van der Waals surface area contributed by atoms with Gasteiger partial charge in [-0.2, -0.15) is 0 Å². The lowest BCUT2D eigenvalue weighted by atomic mass is 9.70. The van der Waals surface area contributed by atoms with Gasteiger partial charge in [0.15, 0.2) is 0 Å². The summed E-state index contributed by atoms with van der Waals surface area (Å²) in [6.07, 6.45) is 2.50. The van der Waals surface area contributed by atoms with Crippen LogP contribution in [0.25, 0.3) is 0 Å². The summed E-state index contributed by atoms with van der Waals surface area (Å²) < 4.78 is 0. The number of nitrogens with zero attached hydrogens (tertiary/aromatic N) is 1. The van der Waals surface area contributed by atoms with E-state index in [0.29, 0.717) is 11.3 Å². The maximum Gasteiger partial charge on any atom is 0.128 e. The first kappa shape index (κ1) is 13.1. The summed E-state index contributed by atoms with van der Waals surface area (Å²) in [5.74, 6) is 1.52. The quantitative estimate of drug-likeness (QED) is 0.883. The standard InChI is InChI=1S/C18H23N3/c1-17(2)12-9-10-18(17,3)15-14(12)20-16(21-15)13(19)11-7-5-4-6-8-11/h4-8,12-13H,9-10,19H2,1-3H3,(H,20,21). The second-order valence-electron chi connectivity index (χ2n) is 7.42. The Morgan fingerprint density at radius 1 is 1.24 bits per heavy atom. The summed E-state index contributed by atoms with van der Waals surface area (Å²) in [5, 5.41) is 0. The summed E-state index contributed by atoms with van der Waals surface area (Å²) >= 11 is 0. The van der Waals surface area contributed by atoms with Crippen LogP contribution in [0.1, 0.15) is 68.3 Å². The van der Waals surface area contributed by atoms with Crippen LogP contribution in [0.5, 0.6) is 0 Å². The molecule has 2 aromatic rings. The fourth-order valence-electron chi connectivity index (χ4n) is 4.47. The van der Waals surface area contributed by atoms with Crippen LogP contribution in [0, 0.1) is 5.41 Å². The molecule has 3 nitrogen and oxygen atoms in total. The number of nitrogens with one attached hydrogen (secondary N) is 1. The predicted octanol–water partition coefficient (Wildman–Crippen LogP) is 3.63. The van der Waals surface area contributed by atoms with Gasteiger partial charge in [0.05, 0.1) is 11.7 Å². The number of benzene rings is 1. The minimum Gasteiger partial charge on any atom is -0.344 e. The van der Waals surface area contributed by atoms with E-state index in [1.165, 1.54) is 24.2 Å². The maximum absolute atomic E-state index is 6.41. The van der Waals surface area contributed by atoms with Gasteiger partial charge in [-0.05, 0) is 23.8 Å². The lowest BCUT2D eigenvalue weighted by Gasteiger charge is -2.34. The Morgan fingerprint density at radius 2 is 1.95 bits per heavy atom. The molecular formula is C18H23N3. The number of rotatable bonds is 2. The molecule has 0 amide bonds. The summed E-state index contributed by atoms with van der Waals surface area (Å²) in [6, 6.07) is 10.0. The van der Waals surface area contributed by atoms with E-state index in [-0.39, 0.29) is 11.5 Å². The second-order valence-corrected chi connectivity index (χ2v) is 7.42. The molecule has 110 valence electrons. The van der Waals surface area contributed by atoms with Crippen LogP contribution in [0.4, 0.5) is 0 Å². The van der Waals surface area contributed by atoms with Gasteiger partial charge in [0, 0.05) is 17.0 Å². The van der Waals surface area contributed by atoms with E-state index in [4.69, 9.17) is 10.7 Å². The molecule has 4 rings (SSSR count). The van der Waals surface area contributed by atoms with Gasteiger partial charge in [0.2, 0.25) is 0 Å². The molecule has 3 N–H and O–H groups in total. The molecule has 3 atom stereocenters. The first-order valence-electron chi connectivity index (χ1n) is 7.86. The van der Waals surface area contributed by atoms with E-state index in [9.17, 15) is 0 Å². The molecule has 1 saturated carbocycles. The van der Waals surface area contributed by atoms with E-state index < -0.39 is 0 Å². The van der Waals surface area contributed by atoms with Gasteiger partial charge in [0.25, 0.3) is 0 Å². The fraction of sp³-hybridized carbons (Fsp3) is 0.500. The Bertz CT molecular complexity index is 686. The highest BCUT2D eigenvalue weighted by atomic mass is 15.0. The molecule has 1 aromatic carbocycles. The van der Waals surface area contributed by atoms with Gasteiger partial charge < -0.3 is 10.7 Å². The van der Waals surface area contributed by atoms with E-state index >= 15 is 0 Å². The zero-order chi connectivity index (χ0) is 14.8. The Balaban J connectivity index is 1.77. The van der Waals surface area contributed by atoms with Crippen molar-refractivity contribution in [3.05, 3.63) is 53.1 Å². The number of imidazole rings is 1. The highest BCUT2D eigenvalue weighted by molar-refractivity contribution is 5.43. The third-order valence-corrected chi connectivity index (χ3v) is 6.30. The van der Waals surface area contributed by atoms with Crippen molar-refractivity contribution in [2.45, 2.75) is 51.0 Å². The van der Waals surface area contributed by atoms with Crippen molar-refractivity contribution in [1.82, 2.24) is 9.97 Å². The first-order valence-corrected chi connectivity index (χ1v) is 7.86. The number of hydrogen-bond donors (Lipinski definition) is 2. The van der Waals surface area contributed by atoms with Gasteiger partial charge in [-0.3, -0.25) is 0 Å². The third kappa shape index (κ3) is 1.50.